The van der Waals surface area contributed by atoms with E-state index in [4.69, 9.17) is 0 Å². The fourth-order valence-electron chi connectivity index (χ4n) is 1.75. The quantitative estimate of drug-likeness (QED) is 0.591. The number of hydrazine groups is 1. The maximum atomic E-state index is 12.8. The number of urea groups is 1. The lowest BCUT2D eigenvalue weighted by Crippen LogP contribution is -2.47. The van der Waals surface area contributed by atoms with Gasteiger partial charge in [0.2, 0.25) is 0 Å². The standard InChI is InChI=1S/C16H16FN5O3/c17-13-5-3-11(4-6-13)8-19-16(25)20-10-14(23)21-22-15(24)12-2-1-7-18-9-12/h1-7,9H,8,10H2,(H,21,23)(H,22,24)(H2,19,20,25). The van der Waals surface area contributed by atoms with Crippen molar-refractivity contribution in [3.63, 3.8) is 0 Å². The molecule has 25 heavy (non-hydrogen) atoms. The van der Waals surface area contributed by atoms with Crippen molar-refractivity contribution in [3.05, 3.63) is 65.7 Å². The molecular weight excluding hydrogens is 329 g/mol. The Morgan fingerprint density at radius 3 is 2.44 bits per heavy atom. The van der Waals surface area contributed by atoms with Crippen molar-refractivity contribution < 1.29 is 18.8 Å². The van der Waals surface area contributed by atoms with Crippen LogP contribution in [-0.4, -0.2) is 29.4 Å². The number of nitrogens with zero attached hydrogens (tertiary/aromatic N) is 1. The minimum atomic E-state index is -0.603. The summed E-state index contributed by atoms with van der Waals surface area (Å²) < 4.78 is 12.8. The third kappa shape index (κ3) is 6.26. The van der Waals surface area contributed by atoms with Crippen molar-refractivity contribution in [2.24, 2.45) is 0 Å². The van der Waals surface area contributed by atoms with Gasteiger partial charge in [-0.15, -0.1) is 0 Å². The van der Waals surface area contributed by atoms with Crippen molar-refractivity contribution in [2.75, 3.05) is 6.54 Å². The minimum Gasteiger partial charge on any atom is -0.334 e. The first-order valence-corrected chi connectivity index (χ1v) is 7.30. The maximum Gasteiger partial charge on any atom is 0.315 e. The van der Waals surface area contributed by atoms with E-state index in [0.717, 1.165) is 0 Å². The summed E-state index contributed by atoms with van der Waals surface area (Å²) in [6.07, 6.45) is 2.87. The fourth-order valence-corrected chi connectivity index (χ4v) is 1.75. The number of pyridine rings is 1. The van der Waals surface area contributed by atoms with Crippen LogP contribution < -0.4 is 21.5 Å². The summed E-state index contributed by atoms with van der Waals surface area (Å²) in [6, 6.07) is 8.20. The third-order valence-corrected chi connectivity index (χ3v) is 3.02. The number of halogens is 1. The SMILES string of the molecule is O=C(CNC(=O)NCc1ccc(F)cc1)NNC(=O)c1cccnc1. The van der Waals surface area contributed by atoms with E-state index in [1.807, 2.05) is 0 Å². The van der Waals surface area contributed by atoms with Gasteiger partial charge in [-0.3, -0.25) is 25.4 Å². The van der Waals surface area contributed by atoms with Gasteiger partial charge >= 0.3 is 6.03 Å². The summed E-state index contributed by atoms with van der Waals surface area (Å²) in [5.41, 5.74) is 5.36. The highest BCUT2D eigenvalue weighted by atomic mass is 19.1. The summed E-state index contributed by atoms with van der Waals surface area (Å²) in [6.45, 7) is -0.145. The van der Waals surface area contributed by atoms with Gasteiger partial charge in [-0.05, 0) is 29.8 Å². The molecule has 0 aliphatic rings. The molecule has 0 aliphatic carbocycles. The van der Waals surface area contributed by atoms with Gasteiger partial charge in [-0.2, -0.15) is 0 Å². The molecule has 8 nitrogen and oxygen atoms in total. The molecule has 4 amide bonds. The first-order chi connectivity index (χ1) is 12.0. The number of carbonyl (C=O) groups excluding carboxylic acids is 3. The van der Waals surface area contributed by atoms with Gasteiger partial charge < -0.3 is 10.6 Å². The fraction of sp³-hybridized carbons (Fsp3) is 0.125. The van der Waals surface area contributed by atoms with Crippen molar-refractivity contribution in [1.82, 2.24) is 26.5 Å². The average molecular weight is 345 g/mol. The van der Waals surface area contributed by atoms with Crippen molar-refractivity contribution in [1.29, 1.82) is 0 Å². The Hall–Kier alpha value is -3.49. The second-order valence-corrected chi connectivity index (χ2v) is 4.91. The van der Waals surface area contributed by atoms with Crippen LogP contribution in [0.15, 0.2) is 48.8 Å². The number of rotatable bonds is 5. The minimum absolute atomic E-state index is 0.186. The topological polar surface area (TPSA) is 112 Å². The average Bonchev–Trinajstić information content (AvgIpc) is 2.64. The summed E-state index contributed by atoms with van der Waals surface area (Å²) in [7, 11) is 0. The zero-order valence-corrected chi connectivity index (χ0v) is 13.1. The van der Waals surface area contributed by atoms with Gasteiger partial charge in [0.05, 0.1) is 5.56 Å². The lowest BCUT2D eigenvalue weighted by Gasteiger charge is -2.09. The third-order valence-electron chi connectivity index (χ3n) is 3.02. The molecule has 0 spiro atoms. The molecule has 1 aromatic heterocycles. The molecule has 0 aliphatic heterocycles. The number of hydrogen-bond acceptors (Lipinski definition) is 4. The maximum absolute atomic E-state index is 12.8. The molecule has 130 valence electrons. The number of amides is 4. The number of carbonyl (C=O) groups is 3. The second-order valence-electron chi connectivity index (χ2n) is 4.91. The molecule has 2 rings (SSSR count). The van der Waals surface area contributed by atoms with Gasteiger partial charge in [0.15, 0.2) is 0 Å². The molecule has 9 heteroatoms. The van der Waals surface area contributed by atoms with Crippen LogP contribution in [0.3, 0.4) is 0 Å². The Balaban J connectivity index is 1.64. The highest BCUT2D eigenvalue weighted by Crippen LogP contribution is 2.01. The molecule has 0 radical (unpaired) electrons. The highest BCUT2D eigenvalue weighted by Gasteiger charge is 2.08. The lowest BCUT2D eigenvalue weighted by molar-refractivity contribution is -0.120. The van der Waals surface area contributed by atoms with Crippen LogP contribution >= 0.6 is 0 Å². The van der Waals surface area contributed by atoms with Crippen LogP contribution in [-0.2, 0) is 11.3 Å². The van der Waals surface area contributed by atoms with Crippen molar-refractivity contribution >= 4 is 17.8 Å². The van der Waals surface area contributed by atoms with Crippen LogP contribution in [0.25, 0.3) is 0 Å². The van der Waals surface area contributed by atoms with Gasteiger partial charge in [-0.25, -0.2) is 9.18 Å². The van der Waals surface area contributed by atoms with Crippen molar-refractivity contribution in [3.8, 4) is 0 Å². The number of benzene rings is 1. The summed E-state index contributed by atoms with van der Waals surface area (Å²) in [5, 5.41) is 4.84. The Bertz CT molecular complexity index is 737. The van der Waals surface area contributed by atoms with Crippen LogP contribution in [0.2, 0.25) is 0 Å². The van der Waals surface area contributed by atoms with Crippen molar-refractivity contribution in [2.45, 2.75) is 6.54 Å². The zero-order valence-electron chi connectivity index (χ0n) is 13.1. The van der Waals surface area contributed by atoms with E-state index in [2.05, 4.69) is 26.5 Å². The molecule has 0 atom stereocenters. The van der Waals surface area contributed by atoms with E-state index in [-0.39, 0.29) is 24.5 Å². The number of aromatic nitrogens is 1. The molecule has 0 saturated heterocycles. The Labute approximate surface area is 142 Å². The van der Waals surface area contributed by atoms with E-state index in [0.29, 0.717) is 5.56 Å². The molecule has 1 heterocycles. The monoisotopic (exact) mass is 345 g/mol. The van der Waals surface area contributed by atoms with E-state index < -0.39 is 17.8 Å². The smallest absolute Gasteiger partial charge is 0.315 e. The van der Waals surface area contributed by atoms with E-state index in [9.17, 15) is 18.8 Å². The van der Waals surface area contributed by atoms with Gasteiger partial charge in [0, 0.05) is 18.9 Å². The summed E-state index contributed by atoms with van der Waals surface area (Å²) in [4.78, 5) is 38.6. The first-order valence-electron chi connectivity index (χ1n) is 7.30. The molecule has 2 aromatic rings. The normalized spacial score (nSPS) is 9.80. The Morgan fingerprint density at radius 1 is 1.00 bits per heavy atom. The van der Waals surface area contributed by atoms with E-state index >= 15 is 0 Å². The van der Waals surface area contributed by atoms with Gasteiger partial charge in [0.1, 0.15) is 12.4 Å². The zero-order chi connectivity index (χ0) is 18.1. The summed E-state index contributed by atoms with van der Waals surface area (Å²) in [5.74, 6) is -1.49. The summed E-state index contributed by atoms with van der Waals surface area (Å²) >= 11 is 0. The predicted octanol–water partition coefficient (Wildman–Crippen LogP) is 0.481. The molecule has 0 unspecified atom stereocenters. The Kier molecular flexibility index (Phi) is 6.40. The number of nitrogens with one attached hydrogen (secondary N) is 4. The molecule has 0 saturated carbocycles. The largest absolute Gasteiger partial charge is 0.334 e. The number of hydrogen-bond donors (Lipinski definition) is 4. The lowest BCUT2D eigenvalue weighted by atomic mass is 10.2. The molecule has 0 bridgehead atoms. The Morgan fingerprint density at radius 2 is 1.76 bits per heavy atom. The van der Waals surface area contributed by atoms with Crippen LogP contribution in [0, 0.1) is 5.82 Å². The molecule has 4 N–H and O–H groups in total. The van der Waals surface area contributed by atoms with Crippen LogP contribution in [0.1, 0.15) is 15.9 Å². The molecule has 1 aromatic carbocycles. The highest BCUT2D eigenvalue weighted by molar-refractivity contribution is 5.95. The molecule has 0 fully saturated rings. The van der Waals surface area contributed by atoms with E-state index in [1.165, 1.54) is 42.7 Å². The van der Waals surface area contributed by atoms with E-state index in [1.54, 1.807) is 6.07 Å². The second kappa shape index (κ2) is 8.96. The first kappa shape index (κ1) is 17.9. The van der Waals surface area contributed by atoms with Crippen LogP contribution in [0.4, 0.5) is 9.18 Å². The van der Waals surface area contributed by atoms with Gasteiger partial charge in [-0.1, -0.05) is 12.1 Å². The van der Waals surface area contributed by atoms with Crippen LogP contribution in [0.5, 0.6) is 0 Å². The molecular formula is C16H16FN5O3. The predicted molar refractivity (Wildman–Crippen MR) is 86.5 cm³/mol. The van der Waals surface area contributed by atoms with Gasteiger partial charge in [0.25, 0.3) is 11.8 Å².